The van der Waals surface area contributed by atoms with Crippen molar-refractivity contribution in [2.45, 2.75) is 33.9 Å². The zero-order valence-electron chi connectivity index (χ0n) is 11.4. The smallest absolute Gasteiger partial charge is 0.0825 e. The Morgan fingerprint density at radius 2 is 1.94 bits per heavy atom. The van der Waals surface area contributed by atoms with Crippen molar-refractivity contribution in [2.24, 2.45) is 5.92 Å². The van der Waals surface area contributed by atoms with Gasteiger partial charge in [0, 0.05) is 19.3 Å². The van der Waals surface area contributed by atoms with Crippen molar-refractivity contribution >= 4 is 5.69 Å². The fourth-order valence-electron chi connectivity index (χ4n) is 1.95. The number of aryl methyl sites for hydroxylation is 1. The van der Waals surface area contributed by atoms with E-state index in [4.69, 9.17) is 0 Å². The van der Waals surface area contributed by atoms with Crippen molar-refractivity contribution in [1.82, 2.24) is 9.78 Å². The molecule has 2 rings (SSSR count). The van der Waals surface area contributed by atoms with Crippen LogP contribution in [0.3, 0.4) is 0 Å². The second-order valence-corrected chi connectivity index (χ2v) is 5.08. The zero-order chi connectivity index (χ0) is 13.0. The first kappa shape index (κ1) is 12.7. The van der Waals surface area contributed by atoms with Crippen molar-refractivity contribution in [2.75, 3.05) is 5.32 Å². The SMILES string of the molecule is Cc1nn(CC(C)C)cc1NCc1ccccc1. The highest BCUT2D eigenvalue weighted by Gasteiger charge is 2.05. The van der Waals surface area contributed by atoms with Gasteiger partial charge in [-0.1, -0.05) is 44.2 Å². The van der Waals surface area contributed by atoms with Crippen molar-refractivity contribution in [1.29, 1.82) is 0 Å². The lowest BCUT2D eigenvalue weighted by molar-refractivity contribution is 0.481. The molecule has 0 spiro atoms. The average Bonchev–Trinajstić information content (AvgIpc) is 2.67. The molecule has 0 saturated carbocycles. The summed E-state index contributed by atoms with van der Waals surface area (Å²) >= 11 is 0. The number of hydrogen-bond donors (Lipinski definition) is 1. The van der Waals surface area contributed by atoms with Gasteiger partial charge in [-0.3, -0.25) is 4.68 Å². The second-order valence-electron chi connectivity index (χ2n) is 5.08. The van der Waals surface area contributed by atoms with E-state index >= 15 is 0 Å². The minimum absolute atomic E-state index is 0.617. The van der Waals surface area contributed by atoms with Crippen LogP contribution in [-0.2, 0) is 13.1 Å². The summed E-state index contributed by atoms with van der Waals surface area (Å²) in [7, 11) is 0. The monoisotopic (exact) mass is 243 g/mol. The molecule has 3 nitrogen and oxygen atoms in total. The molecule has 0 amide bonds. The van der Waals surface area contributed by atoms with Gasteiger partial charge in [0.2, 0.25) is 0 Å². The molecular weight excluding hydrogens is 222 g/mol. The molecule has 1 heterocycles. The molecule has 0 saturated heterocycles. The molecule has 1 N–H and O–H groups in total. The lowest BCUT2D eigenvalue weighted by Gasteiger charge is -2.05. The third-order valence-corrected chi connectivity index (χ3v) is 2.82. The molecule has 0 unspecified atom stereocenters. The van der Waals surface area contributed by atoms with Crippen LogP contribution in [-0.4, -0.2) is 9.78 Å². The quantitative estimate of drug-likeness (QED) is 0.871. The van der Waals surface area contributed by atoms with Crippen LogP contribution in [0, 0.1) is 12.8 Å². The molecule has 0 radical (unpaired) electrons. The van der Waals surface area contributed by atoms with Gasteiger partial charge >= 0.3 is 0 Å². The molecule has 2 aromatic rings. The van der Waals surface area contributed by atoms with Crippen LogP contribution >= 0.6 is 0 Å². The van der Waals surface area contributed by atoms with Crippen LogP contribution in [0.4, 0.5) is 5.69 Å². The van der Waals surface area contributed by atoms with Crippen molar-refractivity contribution < 1.29 is 0 Å². The number of benzene rings is 1. The van der Waals surface area contributed by atoms with Crippen molar-refractivity contribution in [3.05, 3.63) is 47.8 Å². The zero-order valence-corrected chi connectivity index (χ0v) is 11.4. The highest BCUT2D eigenvalue weighted by atomic mass is 15.3. The highest BCUT2D eigenvalue weighted by molar-refractivity contribution is 5.46. The van der Waals surface area contributed by atoms with Crippen molar-refractivity contribution in [3.63, 3.8) is 0 Å². The van der Waals surface area contributed by atoms with Crippen LogP contribution in [0.1, 0.15) is 25.1 Å². The molecule has 0 aliphatic heterocycles. The third kappa shape index (κ3) is 3.36. The van der Waals surface area contributed by atoms with Crippen LogP contribution in [0.2, 0.25) is 0 Å². The molecule has 96 valence electrons. The molecule has 0 bridgehead atoms. The summed E-state index contributed by atoms with van der Waals surface area (Å²) in [6.07, 6.45) is 2.10. The van der Waals surface area contributed by atoms with Gasteiger partial charge < -0.3 is 5.32 Å². The Kier molecular flexibility index (Phi) is 4.03. The number of anilines is 1. The molecule has 0 atom stereocenters. The fraction of sp³-hybridized carbons (Fsp3) is 0.400. The average molecular weight is 243 g/mol. The van der Waals surface area contributed by atoms with Gasteiger partial charge in [-0.25, -0.2) is 0 Å². The Morgan fingerprint density at radius 3 is 2.61 bits per heavy atom. The summed E-state index contributed by atoms with van der Waals surface area (Å²) in [5, 5.41) is 7.96. The molecule has 3 heteroatoms. The van der Waals surface area contributed by atoms with Gasteiger partial charge in [0.15, 0.2) is 0 Å². The first-order valence-corrected chi connectivity index (χ1v) is 6.47. The number of nitrogens with zero attached hydrogens (tertiary/aromatic N) is 2. The molecule has 0 aliphatic rings. The van der Waals surface area contributed by atoms with Gasteiger partial charge in [0.1, 0.15) is 0 Å². The van der Waals surface area contributed by atoms with E-state index < -0.39 is 0 Å². The minimum atomic E-state index is 0.617. The molecular formula is C15H21N3. The van der Waals surface area contributed by atoms with Gasteiger partial charge in [0.05, 0.1) is 11.4 Å². The summed E-state index contributed by atoms with van der Waals surface area (Å²) < 4.78 is 2.02. The summed E-state index contributed by atoms with van der Waals surface area (Å²) in [6, 6.07) is 10.4. The van der Waals surface area contributed by atoms with Gasteiger partial charge in [-0.2, -0.15) is 5.10 Å². The Hall–Kier alpha value is -1.77. The lowest BCUT2D eigenvalue weighted by atomic mass is 10.2. The maximum Gasteiger partial charge on any atom is 0.0825 e. The molecule has 18 heavy (non-hydrogen) atoms. The Bertz CT molecular complexity index is 486. The van der Waals surface area contributed by atoms with E-state index in [-0.39, 0.29) is 0 Å². The first-order valence-electron chi connectivity index (χ1n) is 6.47. The Balaban J connectivity index is 1.99. The van der Waals surface area contributed by atoms with E-state index in [0.29, 0.717) is 5.92 Å². The van der Waals surface area contributed by atoms with Crippen molar-refractivity contribution in [3.8, 4) is 0 Å². The predicted octanol–water partition coefficient (Wildman–Crippen LogP) is 3.46. The van der Waals surface area contributed by atoms with Gasteiger partial charge in [0.25, 0.3) is 0 Å². The maximum absolute atomic E-state index is 4.52. The lowest BCUT2D eigenvalue weighted by Crippen LogP contribution is -2.04. The summed E-state index contributed by atoms with van der Waals surface area (Å²) in [4.78, 5) is 0. The largest absolute Gasteiger partial charge is 0.378 e. The number of rotatable bonds is 5. The summed E-state index contributed by atoms with van der Waals surface area (Å²) in [5.41, 5.74) is 3.47. The minimum Gasteiger partial charge on any atom is -0.378 e. The van der Waals surface area contributed by atoms with Crippen LogP contribution < -0.4 is 5.32 Å². The van der Waals surface area contributed by atoms with Gasteiger partial charge in [-0.05, 0) is 18.4 Å². The van der Waals surface area contributed by atoms with E-state index in [1.54, 1.807) is 0 Å². The Labute approximate surface area is 109 Å². The summed E-state index contributed by atoms with van der Waals surface area (Å²) in [6.45, 7) is 8.26. The normalized spacial score (nSPS) is 10.9. The first-order chi connectivity index (χ1) is 8.65. The van der Waals surface area contributed by atoms with Gasteiger partial charge in [-0.15, -0.1) is 0 Å². The third-order valence-electron chi connectivity index (χ3n) is 2.82. The van der Waals surface area contributed by atoms with Crippen LogP contribution in [0.15, 0.2) is 36.5 Å². The topological polar surface area (TPSA) is 29.9 Å². The molecule has 0 fully saturated rings. The summed E-state index contributed by atoms with van der Waals surface area (Å²) in [5.74, 6) is 0.617. The van der Waals surface area contributed by atoms with E-state index in [9.17, 15) is 0 Å². The highest BCUT2D eigenvalue weighted by Crippen LogP contribution is 2.14. The van der Waals surface area contributed by atoms with E-state index in [0.717, 1.165) is 24.5 Å². The van der Waals surface area contributed by atoms with Crippen LogP contribution in [0.5, 0.6) is 0 Å². The standard InChI is InChI=1S/C15H21N3/c1-12(2)10-18-11-15(13(3)17-18)16-9-14-7-5-4-6-8-14/h4-8,11-12,16H,9-10H2,1-3H3. The number of hydrogen-bond acceptors (Lipinski definition) is 2. The second kappa shape index (κ2) is 5.71. The predicted molar refractivity (Wildman–Crippen MR) is 75.6 cm³/mol. The molecule has 1 aromatic carbocycles. The maximum atomic E-state index is 4.52. The number of nitrogens with one attached hydrogen (secondary N) is 1. The van der Waals surface area contributed by atoms with E-state index in [1.165, 1.54) is 5.56 Å². The van der Waals surface area contributed by atoms with Crippen LogP contribution in [0.25, 0.3) is 0 Å². The van der Waals surface area contributed by atoms with E-state index in [2.05, 4.69) is 54.7 Å². The molecule has 0 aliphatic carbocycles. The molecule has 1 aromatic heterocycles. The fourth-order valence-corrected chi connectivity index (χ4v) is 1.95. The Morgan fingerprint density at radius 1 is 1.22 bits per heavy atom. The van der Waals surface area contributed by atoms with E-state index in [1.807, 2.05) is 17.7 Å². The number of aromatic nitrogens is 2.